The van der Waals surface area contributed by atoms with Crippen LogP contribution in [0.4, 0.5) is 0 Å². The maximum absolute atomic E-state index is 10.9. The Morgan fingerprint density at radius 2 is 2.43 bits per heavy atom. The van der Waals surface area contributed by atoms with E-state index in [-0.39, 0.29) is 12.1 Å². The quantitative estimate of drug-likeness (QED) is 0.600. The van der Waals surface area contributed by atoms with Gasteiger partial charge in [0.05, 0.1) is 0 Å². The van der Waals surface area contributed by atoms with Gasteiger partial charge in [-0.1, -0.05) is 6.07 Å². The van der Waals surface area contributed by atoms with Crippen molar-refractivity contribution in [3.05, 3.63) is 28.5 Å². The molecule has 74 valence electrons. The molecule has 0 saturated carbocycles. The lowest BCUT2D eigenvalue weighted by Gasteiger charge is -2.07. The summed E-state index contributed by atoms with van der Waals surface area (Å²) < 4.78 is 5.93. The molecule has 0 bridgehead atoms. The van der Waals surface area contributed by atoms with Gasteiger partial charge < -0.3 is 4.74 Å². The number of halogens is 1. The van der Waals surface area contributed by atoms with E-state index in [1.807, 2.05) is 18.2 Å². The Labute approximate surface area is 90.6 Å². The highest BCUT2D eigenvalue weighted by molar-refractivity contribution is 9.10. The second-order valence-corrected chi connectivity index (χ2v) is 4.12. The number of esters is 1. The topological polar surface area (TPSA) is 39.2 Å². The first-order chi connectivity index (χ1) is 6.74. The van der Waals surface area contributed by atoms with Gasteiger partial charge in [-0.15, -0.1) is 0 Å². The number of ether oxygens (including phenoxy) is 1. The van der Waals surface area contributed by atoms with Gasteiger partial charge in [0.25, 0.3) is 0 Å². The summed E-state index contributed by atoms with van der Waals surface area (Å²) in [6.45, 7) is 0. The van der Waals surface area contributed by atoms with Crippen LogP contribution in [-0.4, -0.2) is 17.1 Å². The largest absolute Gasteiger partial charge is 0.462 e. The molecule has 3 nitrogen and oxygen atoms in total. The molecule has 1 aliphatic rings. The van der Waals surface area contributed by atoms with Crippen LogP contribution in [0.2, 0.25) is 0 Å². The van der Waals surface area contributed by atoms with Crippen molar-refractivity contribution in [2.24, 2.45) is 0 Å². The van der Waals surface area contributed by atoms with E-state index in [2.05, 4.69) is 20.9 Å². The molecule has 0 N–H and O–H groups in total. The van der Waals surface area contributed by atoms with Crippen molar-refractivity contribution in [2.75, 3.05) is 0 Å². The zero-order valence-electron chi connectivity index (χ0n) is 7.57. The molecule has 1 unspecified atom stereocenters. The molecule has 0 radical (unpaired) electrons. The average molecular weight is 256 g/mol. The van der Waals surface area contributed by atoms with Crippen LogP contribution in [0.25, 0.3) is 0 Å². The molecule has 1 fully saturated rings. The summed E-state index contributed by atoms with van der Waals surface area (Å²) >= 11 is 3.30. The van der Waals surface area contributed by atoms with Gasteiger partial charge in [0, 0.05) is 18.5 Å². The molecule has 4 heteroatoms. The number of carbonyl (C=O) groups excluding carboxylic acids is 1. The Balaban J connectivity index is 2.00. The monoisotopic (exact) mass is 255 g/mol. The van der Waals surface area contributed by atoms with Crippen LogP contribution in [0.1, 0.15) is 18.5 Å². The molecule has 0 amide bonds. The Kier molecular flexibility index (Phi) is 2.82. The normalized spacial score (nSPS) is 20.9. The Morgan fingerprint density at radius 1 is 1.57 bits per heavy atom. The molecule has 2 heterocycles. The number of hydrogen-bond donors (Lipinski definition) is 0. The number of pyridine rings is 1. The Bertz CT molecular complexity index is 354. The number of hydrogen-bond acceptors (Lipinski definition) is 3. The van der Waals surface area contributed by atoms with Crippen molar-refractivity contribution in [1.29, 1.82) is 0 Å². The van der Waals surface area contributed by atoms with Crippen LogP contribution in [0, 0.1) is 0 Å². The molecular formula is C10H10BrNO2. The number of rotatable bonds is 2. The van der Waals surface area contributed by atoms with E-state index in [4.69, 9.17) is 4.74 Å². The lowest BCUT2D eigenvalue weighted by atomic mass is 10.1. The maximum Gasteiger partial charge on any atom is 0.306 e. The van der Waals surface area contributed by atoms with Crippen LogP contribution in [0.15, 0.2) is 22.8 Å². The van der Waals surface area contributed by atoms with Gasteiger partial charge >= 0.3 is 5.97 Å². The Hall–Kier alpha value is -0.900. The fourth-order valence-electron chi connectivity index (χ4n) is 1.52. The second-order valence-electron chi connectivity index (χ2n) is 3.31. The fraction of sp³-hybridized carbons (Fsp3) is 0.400. The van der Waals surface area contributed by atoms with Gasteiger partial charge in [-0.2, -0.15) is 0 Å². The van der Waals surface area contributed by atoms with Crippen molar-refractivity contribution in [3.8, 4) is 0 Å². The molecule has 1 aliphatic heterocycles. The molecule has 1 aromatic rings. The summed E-state index contributed by atoms with van der Waals surface area (Å²) in [5, 5.41) is 0. The van der Waals surface area contributed by atoms with E-state index in [0.717, 1.165) is 16.7 Å². The number of aromatic nitrogens is 1. The van der Waals surface area contributed by atoms with Gasteiger partial charge in [-0.25, -0.2) is 4.98 Å². The first kappa shape index (κ1) is 9.65. The van der Waals surface area contributed by atoms with Gasteiger partial charge in [0.2, 0.25) is 0 Å². The van der Waals surface area contributed by atoms with Crippen molar-refractivity contribution in [2.45, 2.75) is 25.4 Å². The molecule has 1 aromatic heterocycles. The van der Waals surface area contributed by atoms with Crippen LogP contribution in [-0.2, 0) is 16.0 Å². The summed E-state index contributed by atoms with van der Waals surface area (Å²) in [6.07, 6.45) is 2.08. The van der Waals surface area contributed by atoms with Gasteiger partial charge in [0.1, 0.15) is 10.7 Å². The molecule has 1 saturated heterocycles. The summed E-state index contributed by atoms with van der Waals surface area (Å²) in [5.41, 5.74) is 0.957. The molecule has 1 atom stereocenters. The van der Waals surface area contributed by atoms with Gasteiger partial charge in [0.15, 0.2) is 0 Å². The molecule has 0 spiro atoms. The van der Waals surface area contributed by atoms with Crippen LogP contribution in [0.3, 0.4) is 0 Å². The molecular weight excluding hydrogens is 246 g/mol. The van der Waals surface area contributed by atoms with Crippen molar-refractivity contribution in [1.82, 2.24) is 4.98 Å². The van der Waals surface area contributed by atoms with Gasteiger partial charge in [-0.3, -0.25) is 4.79 Å². The standard InChI is InChI=1S/C10H10BrNO2/c11-9-3-1-2-7(12-9)6-8-4-5-10(13)14-8/h1-3,8H,4-6H2. The van der Waals surface area contributed by atoms with Crippen LogP contribution < -0.4 is 0 Å². The summed E-state index contributed by atoms with van der Waals surface area (Å²) in [7, 11) is 0. The second kappa shape index (κ2) is 4.09. The van der Waals surface area contributed by atoms with Crippen LogP contribution in [0.5, 0.6) is 0 Å². The predicted molar refractivity (Wildman–Crippen MR) is 54.8 cm³/mol. The maximum atomic E-state index is 10.9. The minimum atomic E-state index is -0.0926. The fourth-order valence-corrected chi connectivity index (χ4v) is 1.90. The molecule has 14 heavy (non-hydrogen) atoms. The lowest BCUT2D eigenvalue weighted by molar-refractivity contribution is -0.141. The minimum absolute atomic E-state index is 0.0179. The van der Waals surface area contributed by atoms with Crippen LogP contribution >= 0.6 is 15.9 Å². The van der Waals surface area contributed by atoms with E-state index in [0.29, 0.717) is 12.8 Å². The third kappa shape index (κ3) is 2.32. The highest BCUT2D eigenvalue weighted by Gasteiger charge is 2.23. The van der Waals surface area contributed by atoms with Crippen molar-refractivity contribution < 1.29 is 9.53 Å². The van der Waals surface area contributed by atoms with Crippen molar-refractivity contribution in [3.63, 3.8) is 0 Å². The van der Waals surface area contributed by atoms with Gasteiger partial charge in [-0.05, 0) is 34.5 Å². The third-order valence-corrected chi connectivity index (χ3v) is 2.62. The number of carbonyl (C=O) groups is 1. The lowest BCUT2D eigenvalue weighted by Crippen LogP contribution is -2.11. The first-order valence-corrected chi connectivity index (χ1v) is 5.34. The highest BCUT2D eigenvalue weighted by atomic mass is 79.9. The van der Waals surface area contributed by atoms with E-state index in [1.54, 1.807) is 0 Å². The smallest absolute Gasteiger partial charge is 0.306 e. The molecule has 2 rings (SSSR count). The molecule has 0 aromatic carbocycles. The SMILES string of the molecule is O=C1CCC(Cc2cccc(Br)n2)O1. The van der Waals surface area contributed by atoms with E-state index < -0.39 is 0 Å². The van der Waals surface area contributed by atoms with Crippen molar-refractivity contribution >= 4 is 21.9 Å². The number of cyclic esters (lactones) is 1. The highest BCUT2D eigenvalue weighted by Crippen LogP contribution is 2.18. The predicted octanol–water partition coefficient (Wildman–Crippen LogP) is 2.09. The summed E-state index contributed by atoms with van der Waals surface area (Å²) in [4.78, 5) is 15.1. The van der Waals surface area contributed by atoms with E-state index in [1.165, 1.54) is 0 Å². The minimum Gasteiger partial charge on any atom is -0.462 e. The summed E-state index contributed by atoms with van der Waals surface area (Å²) in [5.74, 6) is -0.0926. The third-order valence-electron chi connectivity index (χ3n) is 2.18. The number of nitrogens with zero attached hydrogens (tertiary/aromatic N) is 1. The molecule has 0 aliphatic carbocycles. The Morgan fingerprint density at radius 3 is 3.07 bits per heavy atom. The first-order valence-electron chi connectivity index (χ1n) is 4.55. The zero-order valence-corrected chi connectivity index (χ0v) is 9.16. The van der Waals surface area contributed by atoms with E-state index in [9.17, 15) is 4.79 Å². The zero-order chi connectivity index (χ0) is 9.97. The summed E-state index contributed by atoms with van der Waals surface area (Å²) in [6, 6.07) is 5.75. The average Bonchev–Trinajstić information content (AvgIpc) is 2.51. The van der Waals surface area contributed by atoms with E-state index >= 15 is 0 Å².